The van der Waals surface area contributed by atoms with Crippen LogP contribution in [-0.4, -0.2) is 37.9 Å². The molecule has 0 fully saturated rings. The molecule has 5 N–H and O–H groups in total. The van der Waals surface area contributed by atoms with Crippen molar-refractivity contribution in [1.82, 2.24) is 9.38 Å². The van der Waals surface area contributed by atoms with Gasteiger partial charge in [-0.15, -0.1) is 12.4 Å². The Morgan fingerprint density at radius 3 is 2.73 bits per heavy atom. The molecule has 4 aromatic rings. The number of para-hydroxylation sites is 1. The fourth-order valence-corrected chi connectivity index (χ4v) is 3.89. The van der Waals surface area contributed by atoms with E-state index in [1.807, 2.05) is 34.9 Å². The van der Waals surface area contributed by atoms with Crippen molar-refractivity contribution >= 4 is 50.9 Å². The summed E-state index contributed by atoms with van der Waals surface area (Å²) < 4.78 is 8.52. The molecule has 8 nitrogen and oxygen atoms in total. The van der Waals surface area contributed by atoms with Crippen molar-refractivity contribution in [3.63, 3.8) is 0 Å². The first kappa shape index (κ1) is 23.3. The highest BCUT2D eigenvalue weighted by Gasteiger charge is 2.15. The molecular weight excluding hydrogens is 430 g/mol. The van der Waals surface area contributed by atoms with Gasteiger partial charge >= 0.3 is 11.9 Å². The van der Waals surface area contributed by atoms with Crippen LogP contribution in [0.4, 0.5) is 0 Å². The molecule has 2 aromatic heterocycles. The van der Waals surface area contributed by atoms with Gasteiger partial charge in [-0.3, -0.25) is 14.0 Å². The molecule has 2 heterocycles. The Bertz CT molecular complexity index is 1190. The predicted molar refractivity (Wildman–Crippen MR) is 117 cm³/mol. The van der Waals surface area contributed by atoms with Gasteiger partial charge in [0.25, 0.3) is 0 Å². The Morgan fingerprint density at radius 2 is 1.97 bits per heavy atom. The maximum absolute atomic E-state index is 11.9. The number of carboxylic acid groups (broad SMARTS) is 1. The minimum Gasteiger partial charge on any atom is -0.480 e. The van der Waals surface area contributed by atoms with E-state index in [9.17, 15) is 9.59 Å². The van der Waals surface area contributed by atoms with Crippen molar-refractivity contribution in [3.8, 4) is 17.0 Å². The molecule has 0 aliphatic heterocycles. The molecule has 0 aliphatic carbocycles. The molecule has 0 bridgehead atoms. The normalized spacial score (nSPS) is 11.5. The SMILES string of the molecule is Cl.N[C@@H](CCC(=O)Oc1cccc(-c2cn3c(n2)sc2ccccc23)c1)C(=O)O.O. The summed E-state index contributed by atoms with van der Waals surface area (Å²) in [7, 11) is 0. The number of esters is 1. The number of hydrogen-bond donors (Lipinski definition) is 2. The van der Waals surface area contributed by atoms with E-state index in [-0.39, 0.29) is 30.7 Å². The summed E-state index contributed by atoms with van der Waals surface area (Å²) >= 11 is 1.61. The van der Waals surface area contributed by atoms with Gasteiger partial charge in [-0.05, 0) is 30.7 Å². The van der Waals surface area contributed by atoms with E-state index in [1.165, 1.54) is 4.70 Å². The van der Waals surface area contributed by atoms with Crippen molar-refractivity contribution in [1.29, 1.82) is 0 Å². The van der Waals surface area contributed by atoms with Crippen LogP contribution in [-0.2, 0) is 9.59 Å². The topological polar surface area (TPSA) is 138 Å². The molecule has 0 spiro atoms. The van der Waals surface area contributed by atoms with Crippen LogP contribution in [0.3, 0.4) is 0 Å². The van der Waals surface area contributed by atoms with E-state index < -0.39 is 18.0 Å². The van der Waals surface area contributed by atoms with E-state index in [0.717, 1.165) is 21.7 Å². The van der Waals surface area contributed by atoms with Crippen molar-refractivity contribution in [3.05, 3.63) is 54.7 Å². The Morgan fingerprint density at radius 1 is 1.20 bits per heavy atom. The highest BCUT2D eigenvalue weighted by molar-refractivity contribution is 7.23. The second kappa shape index (κ2) is 9.68. The fourth-order valence-electron chi connectivity index (χ4n) is 2.89. The van der Waals surface area contributed by atoms with E-state index in [0.29, 0.717) is 5.75 Å². The van der Waals surface area contributed by atoms with E-state index in [1.54, 1.807) is 29.5 Å². The molecule has 0 aliphatic rings. The van der Waals surface area contributed by atoms with Gasteiger partial charge in [-0.1, -0.05) is 35.6 Å². The van der Waals surface area contributed by atoms with Gasteiger partial charge in [0, 0.05) is 18.2 Å². The maximum atomic E-state index is 11.9. The molecule has 158 valence electrons. The third-order valence-corrected chi connectivity index (χ3v) is 5.37. The van der Waals surface area contributed by atoms with Crippen LogP contribution < -0.4 is 10.5 Å². The van der Waals surface area contributed by atoms with E-state index >= 15 is 0 Å². The Kier molecular flexibility index (Phi) is 7.52. The first-order valence-corrected chi connectivity index (χ1v) is 9.49. The number of thiazole rings is 1. The number of aliphatic carboxylic acids is 1. The lowest BCUT2D eigenvalue weighted by Crippen LogP contribution is -2.31. The molecule has 0 radical (unpaired) electrons. The summed E-state index contributed by atoms with van der Waals surface area (Å²) in [5.41, 5.74) is 8.11. The number of benzene rings is 2. The molecule has 0 saturated heterocycles. The number of rotatable bonds is 6. The average molecular weight is 450 g/mol. The van der Waals surface area contributed by atoms with Gasteiger partial charge in [0.1, 0.15) is 11.8 Å². The zero-order chi connectivity index (χ0) is 19.7. The number of carbonyl (C=O) groups is 2. The van der Waals surface area contributed by atoms with Gasteiger partial charge in [0.15, 0.2) is 4.96 Å². The zero-order valence-corrected chi connectivity index (χ0v) is 17.3. The quantitative estimate of drug-likeness (QED) is 0.342. The van der Waals surface area contributed by atoms with Gasteiger partial charge < -0.3 is 21.1 Å². The molecule has 0 amide bonds. The highest BCUT2D eigenvalue weighted by atomic mass is 35.5. The second-order valence-corrected chi connectivity index (χ2v) is 7.34. The van der Waals surface area contributed by atoms with E-state index in [4.69, 9.17) is 15.6 Å². The highest BCUT2D eigenvalue weighted by Crippen LogP contribution is 2.30. The number of imidazole rings is 1. The standard InChI is InChI=1S/C20H17N3O4S.ClH.H2O/c21-14(19(25)26)8-9-18(24)27-13-5-3-4-12(10-13)15-11-23-16-6-1-2-7-17(16)28-20(23)22-15;;/h1-7,10-11,14H,8-9,21H2,(H,25,26);1H;1H2/t14-;;/m0../s1. The molecule has 0 saturated carbocycles. The number of ether oxygens (including phenoxy) is 1. The lowest BCUT2D eigenvalue weighted by atomic mass is 10.1. The zero-order valence-electron chi connectivity index (χ0n) is 15.6. The minimum atomic E-state index is -1.14. The molecule has 2 aromatic carbocycles. The first-order chi connectivity index (χ1) is 13.5. The Labute approximate surface area is 181 Å². The molecule has 0 unspecified atom stereocenters. The molecule has 10 heteroatoms. The maximum Gasteiger partial charge on any atom is 0.320 e. The van der Waals surface area contributed by atoms with Gasteiger partial charge in [-0.2, -0.15) is 0 Å². The Balaban J connectivity index is 0.00000160. The van der Waals surface area contributed by atoms with Crippen LogP contribution in [0.2, 0.25) is 0 Å². The van der Waals surface area contributed by atoms with Crippen molar-refractivity contribution < 1.29 is 24.9 Å². The summed E-state index contributed by atoms with van der Waals surface area (Å²) in [6, 6.07) is 14.1. The number of nitrogens with zero attached hydrogens (tertiary/aromatic N) is 2. The summed E-state index contributed by atoms with van der Waals surface area (Å²) in [5, 5.41) is 8.77. The second-order valence-electron chi connectivity index (χ2n) is 6.33. The lowest BCUT2D eigenvalue weighted by Gasteiger charge is -2.07. The number of carbonyl (C=O) groups excluding carboxylic acids is 1. The summed E-state index contributed by atoms with van der Waals surface area (Å²) in [4.78, 5) is 28.2. The van der Waals surface area contributed by atoms with Crippen molar-refractivity contribution in [2.24, 2.45) is 5.73 Å². The molecule has 4 rings (SSSR count). The van der Waals surface area contributed by atoms with E-state index in [2.05, 4.69) is 11.1 Å². The van der Waals surface area contributed by atoms with Crippen molar-refractivity contribution in [2.45, 2.75) is 18.9 Å². The third-order valence-electron chi connectivity index (χ3n) is 4.34. The predicted octanol–water partition coefficient (Wildman–Crippen LogP) is 2.91. The smallest absolute Gasteiger partial charge is 0.320 e. The average Bonchev–Trinajstić information content (AvgIpc) is 3.24. The van der Waals surface area contributed by atoms with Crippen LogP contribution >= 0.6 is 23.7 Å². The lowest BCUT2D eigenvalue weighted by molar-refractivity contribution is -0.139. The number of fused-ring (bicyclic) bond motifs is 3. The molecular formula is C20H20ClN3O5S. The largest absolute Gasteiger partial charge is 0.480 e. The third kappa shape index (κ3) is 4.77. The summed E-state index contributed by atoms with van der Waals surface area (Å²) in [6.45, 7) is 0. The Hall–Kier alpha value is -2.98. The summed E-state index contributed by atoms with van der Waals surface area (Å²) in [6.07, 6.45) is 1.92. The van der Waals surface area contributed by atoms with Crippen LogP contribution in [0.25, 0.3) is 26.4 Å². The van der Waals surface area contributed by atoms with Gasteiger partial charge in [-0.25, -0.2) is 4.98 Å². The van der Waals surface area contributed by atoms with Gasteiger partial charge in [0.05, 0.1) is 15.9 Å². The molecule has 1 atom stereocenters. The monoisotopic (exact) mass is 449 g/mol. The number of carboxylic acids is 1. The minimum absolute atomic E-state index is 0. The van der Waals surface area contributed by atoms with Crippen LogP contribution in [0.5, 0.6) is 5.75 Å². The summed E-state index contributed by atoms with van der Waals surface area (Å²) in [5.74, 6) is -1.28. The molecule has 30 heavy (non-hydrogen) atoms. The van der Waals surface area contributed by atoms with Gasteiger partial charge in [0.2, 0.25) is 0 Å². The fraction of sp³-hybridized carbons (Fsp3) is 0.150. The van der Waals surface area contributed by atoms with Crippen LogP contribution in [0.1, 0.15) is 12.8 Å². The number of hydrogen-bond acceptors (Lipinski definition) is 6. The first-order valence-electron chi connectivity index (χ1n) is 8.67. The van der Waals surface area contributed by atoms with Crippen molar-refractivity contribution in [2.75, 3.05) is 0 Å². The number of nitrogens with two attached hydrogens (primary N) is 1. The van der Waals surface area contributed by atoms with Crippen LogP contribution in [0, 0.1) is 0 Å². The number of aromatic nitrogens is 2. The van der Waals surface area contributed by atoms with Crippen LogP contribution in [0.15, 0.2) is 54.7 Å². The number of halogens is 1.